The Morgan fingerprint density at radius 1 is 0.972 bits per heavy atom. The fourth-order valence-electron chi connectivity index (χ4n) is 5.93. The summed E-state index contributed by atoms with van der Waals surface area (Å²) >= 11 is 0. The first-order valence-corrected chi connectivity index (χ1v) is 15.2. The zero-order valence-electron chi connectivity index (χ0n) is 25.0. The average Bonchev–Trinajstić information content (AvgIpc) is 2.84. The van der Waals surface area contributed by atoms with Crippen LogP contribution in [-0.2, 0) is 4.74 Å². The molecule has 0 bridgehead atoms. The maximum atomic E-state index is 7.20. The Labute approximate surface area is 225 Å². The molecule has 0 spiro atoms. The Bertz CT molecular complexity index is 831. The van der Waals surface area contributed by atoms with Crippen molar-refractivity contribution in [2.45, 2.75) is 162 Å². The van der Waals surface area contributed by atoms with E-state index in [-0.39, 0.29) is 11.2 Å². The van der Waals surface area contributed by atoms with Crippen LogP contribution in [0.15, 0.2) is 51.8 Å². The van der Waals surface area contributed by atoms with E-state index in [4.69, 9.17) is 4.74 Å². The van der Waals surface area contributed by atoms with Crippen molar-refractivity contribution in [1.82, 2.24) is 0 Å². The van der Waals surface area contributed by atoms with Gasteiger partial charge in [-0.15, -0.1) is 5.73 Å². The highest BCUT2D eigenvalue weighted by Crippen LogP contribution is 2.49. The van der Waals surface area contributed by atoms with Crippen molar-refractivity contribution in [1.29, 1.82) is 0 Å². The monoisotopic (exact) mass is 493 g/mol. The van der Waals surface area contributed by atoms with Crippen LogP contribution in [0.1, 0.15) is 151 Å². The Balaban J connectivity index is 1.93. The Kier molecular flexibility index (Phi) is 13.6. The van der Waals surface area contributed by atoms with Gasteiger partial charge in [0, 0.05) is 5.57 Å². The van der Waals surface area contributed by atoms with Gasteiger partial charge in [0.05, 0.1) is 5.60 Å². The van der Waals surface area contributed by atoms with Crippen LogP contribution < -0.4 is 0 Å². The predicted octanol–water partition coefficient (Wildman–Crippen LogP) is 11.3. The molecule has 1 nitrogen and oxygen atoms in total. The highest BCUT2D eigenvalue weighted by atomic mass is 16.5. The van der Waals surface area contributed by atoms with E-state index in [1.165, 1.54) is 87.3 Å². The van der Waals surface area contributed by atoms with Gasteiger partial charge in [0.15, 0.2) is 0 Å². The Morgan fingerprint density at radius 3 is 2.33 bits per heavy atom. The fraction of sp³-hybridized carbons (Fsp3) is 0.714. The zero-order valence-corrected chi connectivity index (χ0v) is 25.0. The summed E-state index contributed by atoms with van der Waals surface area (Å²) in [6.45, 7) is 16.0. The van der Waals surface area contributed by atoms with Crippen molar-refractivity contribution >= 4 is 0 Å². The van der Waals surface area contributed by atoms with Gasteiger partial charge in [-0.3, -0.25) is 0 Å². The van der Waals surface area contributed by atoms with Crippen molar-refractivity contribution in [2.24, 2.45) is 0 Å². The molecule has 0 aromatic carbocycles. The molecule has 204 valence electrons. The number of allylic oxidation sites excluding steroid dienone is 5. The first-order valence-electron chi connectivity index (χ1n) is 15.2. The second-order valence-electron chi connectivity index (χ2n) is 12.0. The largest absolute Gasteiger partial charge is 0.359 e. The SMILES string of the molecule is C[CH-]CC/C=C(\C)CCC/C(C)=C/CCC1(C)CCC2=C=CC(C)=C(C)C2(CCCCCCCC)O1. The van der Waals surface area contributed by atoms with Gasteiger partial charge in [-0.05, 0) is 110 Å². The molecular formula is C35H57O-. The lowest BCUT2D eigenvalue weighted by Crippen LogP contribution is -2.50. The van der Waals surface area contributed by atoms with Crippen molar-refractivity contribution in [2.75, 3.05) is 0 Å². The topological polar surface area (TPSA) is 9.23 Å². The summed E-state index contributed by atoms with van der Waals surface area (Å²) in [5, 5.41) is 0. The number of hydrogen-bond acceptors (Lipinski definition) is 1. The van der Waals surface area contributed by atoms with Crippen LogP contribution >= 0.6 is 0 Å². The van der Waals surface area contributed by atoms with E-state index in [0.717, 1.165) is 32.1 Å². The predicted molar refractivity (Wildman–Crippen MR) is 159 cm³/mol. The summed E-state index contributed by atoms with van der Waals surface area (Å²) in [7, 11) is 0. The van der Waals surface area contributed by atoms with Gasteiger partial charge >= 0.3 is 0 Å². The lowest BCUT2D eigenvalue weighted by molar-refractivity contribution is -0.143. The van der Waals surface area contributed by atoms with E-state index in [2.05, 4.69) is 78.8 Å². The second-order valence-corrected chi connectivity index (χ2v) is 12.0. The summed E-state index contributed by atoms with van der Waals surface area (Å²) in [5.74, 6) is 0. The molecule has 2 atom stereocenters. The molecular weight excluding hydrogens is 436 g/mol. The first kappa shape index (κ1) is 30.9. The highest BCUT2D eigenvalue weighted by molar-refractivity contribution is 5.44. The van der Waals surface area contributed by atoms with Crippen LogP contribution in [0.5, 0.6) is 0 Å². The highest BCUT2D eigenvalue weighted by Gasteiger charge is 2.48. The summed E-state index contributed by atoms with van der Waals surface area (Å²) in [6, 6.07) is 0. The van der Waals surface area contributed by atoms with Gasteiger partial charge in [0.25, 0.3) is 0 Å². The Morgan fingerprint density at radius 2 is 1.64 bits per heavy atom. The average molecular weight is 494 g/mol. The maximum Gasteiger partial charge on any atom is 0.118 e. The summed E-state index contributed by atoms with van der Waals surface area (Å²) in [4.78, 5) is 0. The van der Waals surface area contributed by atoms with E-state index >= 15 is 0 Å². The molecule has 1 fully saturated rings. The minimum absolute atomic E-state index is 0.0569. The van der Waals surface area contributed by atoms with Gasteiger partial charge in [-0.1, -0.05) is 68.7 Å². The third kappa shape index (κ3) is 9.54. The van der Waals surface area contributed by atoms with E-state index in [1.807, 2.05) is 0 Å². The normalized spacial score (nSPS) is 24.8. The van der Waals surface area contributed by atoms with Crippen molar-refractivity contribution < 1.29 is 4.74 Å². The van der Waals surface area contributed by atoms with Crippen LogP contribution in [0.4, 0.5) is 0 Å². The first-order chi connectivity index (χ1) is 17.3. The molecule has 1 aliphatic heterocycles. The zero-order chi connectivity index (χ0) is 26.4. The molecule has 36 heavy (non-hydrogen) atoms. The molecule has 0 saturated carbocycles. The number of unbranched alkanes of at least 4 members (excludes halogenated alkanes) is 7. The maximum absolute atomic E-state index is 7.20. The van der Waals surface area contributed by atoms with Crippen LogP contribution in [0.2, 0.25) is 0 Å². The summed E-state index contributed by atoms with van der Waals surface area (Å²) < 4.78 is 7.20. The van der Waals surface area contributed by atoms with Crippen molar-refractivity contribution in [3.63, 3.8) is 0 Å². The van der Waals surface area contributed by atoms with Crippen LogP contribution in [0.25, 0.3) is 0 Å². The van der Waals surface area contributed by atoms with E-state index < -0.39 is 0 Å². The van der Waals surface area contributed by atoms with E-state index in [9.17, 15) is 0 Å². The molecule has 2 rings (SSSR count). The third-order valence-corrected chi connectivity index (χ3v) is 8.61. The summed E-state index contributed by atoms with van der Waals surface area (Å²) in [6.07, 6.45) is 29.0. The van der Waals surface area contributed by atoms with Gasteiger partial charge in [0.1, 0.15) is 5.60 Å². The van der Waals surface area contributed by atoms with E-state index in [0.29, 0.717) is 0 Å². The third-order valence-electron chi connectivity index (χ3n) is 8.61. The minimum atomic E-state index is -0.214. The number of ether oxygens (including phenoxy) is 1. The van der Waals surface area contributed by atoms with Gasteiger partial charge < -0.3 is 11.2 Å². The standard InChI is InChI=1S/C35H57O/c1-8-10-12-13-14-16-27-35-32(6)31(5)23-24-33(35)25-28-34(7,36-35)26-18-22-30(4)21-17-20-29(3)19-15-11-9-2/h9,19,22-23H,8,10-18,20-21,25-28H2,1-7H3/q-1/b29-19+,30-22+. The molecule has 2 aliphatic rings. The molecule has 1 saturated heterocycles. The van der Waals surface area contributed by atoms with Gasteiger partial charge in [-0.2, -0.15) is 13.3 Å². The Hall–Kier alpha value is -1.30. The van der Waals surface area contributed by atoms with Crippen molar-refractivity contribution in [3.8, 4) is 0 Å². The molecule has 0 radical (unpaired) electrons. The molecule has 0 amide bonds. The van der Waals surface area contributed by atoms with Crippen molar-refractivity contribution in [3.05, 3.63) is 58.2 Å². The molecule has 1 aliphatic carbocycles. The second kappa shape index (κ2) is 15.8. The van der Waals surface area contributed by atoms with Crippen LogP contribution in [0.3, 0.4) is 0 Å². The molecule has 0 aromatic heterocycles. The minimum Gasteiger partial charge on any atom is -0.359 e. The number of fused-ring (bicyclic) bond motifs is 1. The fourth-order valence-corrected chi connectivity index (χ4v) is 5.93. The van der Waals surface area contributed by atoms with Gasteiger partial charge in [0.2, 0.25) is 0 Å². The molecule has 0 aromatic rings. The summed E-state index contributed by atoms with van der Waals surface area (Å²) in [5.41, 5.74) is 10.7. The molecule has 1 heteroatoms. The number of hydrogen-bond donors (Lipinski definition) is 0. The number of rotatable bonds is 17. The smallest absolute Gasteiger partial charge is 0.118 e. The van der Waals surface area contributed by atoms with Crippen LogP contribution in [0, 0.1) is 6.42 Å². The van der Waals surface area contributed by atoms with Crippen LogP contribution in [-0.4, -0.2) is 11.2 Å². The van der Waals surface area contributed by atoms with Gasteiger partial charge in [-0.25, -0.2) is 0 Å². The molecule has 1 heterocycles. The lowest BCUT2D eigenvalue weighted by Gasteiger charge is -2.50. The molecule has 2 unspecified atom stereocenters. The van der Waals surface area contributed by atoms with E-state index in [1.54, 1.807) is 11.1 Å². The molecule has 0 N–H and O–H groups in total. The lowest BCUT2D eigenvalue weighted by atomic mass is 9.71. The quantitative estimate of drug-likeness (QED) is 0.0847.